The number of nitrogens with zero attached hydrogens (tertiary/aromatic N) is 2. The topological polar surface area (TPSA) is 74.7 Å². The summed E-state index contributed by atoms with van der Waals surface area (Å²) in [4.78, 5) is 16.7. The van der Waals surface area contributed by atoms with Crippen molar-refractivity contribution in [3.05, 3.63) is 23.2 Å². The first-order valence-electron chi connectivity index (χ1n) is 7.67. The average Bonchev–Trinajstić information content (AvgIpc) is 3.04. The lowest BCUT2D eigenvalue weighted by atomic mass is 10.1. The number of piperazine rings is 1. The van der Waals surface area contributed by atoms with Crippen LogP contribution in [0.1, 0.15) is 41.6 Å². The minimum absolute atomic E-state index is 0.295. The third-order valence-electron chi connectivity index (χ3n) is 4.77. The third kappa shape index (κ3) is 2.84. The van der Waals surface area contributed by atoms with Crippen molar-refractivity contribution in [2.75, 3.05) is 19.6 Å². The van der Waals surface area contributed by atoms with Crippen molar-refractivity contribution < 1.29 is 9.21 Å². The van der Waals surface area contributed by atoms with Crippen molar-refractivity contribution in [2.45, 2.75) is 45.3 Å². The van der Waals surface area contributed by atoms with Gasteiger partial charge in [0.25, 0.3) is 5.91 Å². The molecule has 0 bridgehead atoms. The highest BCUT2D eigenvalue weighted by Gasteiger charge is 2.34. The lowest BCUT2D eigenvalue weighted by Crippen LogP contribution is -2.54. The van der Waals surface area contributed by atoms with E-state index in [1.165, 1.54) is 19.4 Å². The van der Waals surface area contributed by atoms with Gasteiger partial charge in [0.15, 0.2) is 0 Å². The van der Waals surface area contributed by atoms with Crippen molar-refractivity contribution in [1.82, 2.24) is 15.2 Å². The maximum Gasteiger partial charge on any atom is 0.268 e. The number of aryl methyl sites for hydroxylation is 1. The Morgan fingerprint density at radius 1 is 1.52 bits per heavy atom. The second-order valence-electron chi connectivity index (χ2n) is 6.23. The Kier molecular flexibility index (Phi) is 4.01. The molecular weight excluding hydrogens is 268 g/mol. The van der Waals surface area contributed by atoms with Crippen LogP contribution in [0.15, 0.2) is 10.5 Å². The molecule has 1 aromatic rings. The fraction of sp³-hybridized carbons (Fsp3) is 0.667. The monoisotopic (exact) mass is 292 g/mol. The minimum Gasteiger partial charge on any atom is -0.464 e. The number of nitrogens with two attached hydrogens (primary N) is 1. The average molecular weight is 292 g/mol. The van der Waals surface area contributed by atoms with Gasteiger partial charge in [-0.3, -0.25) is 20.0 Å². The molecule has 21 heavy (non-hydrogen) atoms. The number of hydrogen-bond acceptors (Lipinski definition) is 5. The van der Waals surface area contributed by atoms with E-state index < -0.39 is 0 Å². The predicted molar refractivity (Wildman–Crippen MR) is 79.6 cm³/mol. The normalized spacial score (nSPS) is 26.8. The van der Waals surface area contributed by atoms with Gasteiger partial charge in [-0.2, -0.15) is 0 Å². The molecule has 6 nitrogen and oxygen atoms in total. The molecule has 2 saturated heterocycles. The van der Waals surface area contributed by atoms with Crippen LogP contribution in [0.3, 0.4) is 0 Å². The Balaban J connectivity index is 1.70. The maximum atomic E-state index is 11.6. The van der Waals surface area contributed by atoms with E-state index >= 15 is 0 Å². The van der Waals surface area contributed by atoms with Crippen LogP contribution < -0.4 is 11.3 Å². The van der Waals surface area contributed by atoms with Gasteiger partial charge in [-0.25, -0.2) is 5.84 Å². The molecule has 1 amide bonds. The molecule has 6 heteroatoms. The van der Waals surface area contributed by atoms with Crippen LogP contribution in [0.25, 0.3) is 0 Å². The van der Waals surface area contributed by atoms with Gasteiger partial charge in [0.2, 0.25) is 0 Å². The Morgan fingerprint density at radius 3 is 3.10 bits per heavy atom. The van der Waals surface area contributed by atoms with Crippen LogP contribution in [0.2, 0.25) is 0 Å². The van der Waals surface area contributed by atoms with E-state index in [1.807, 2.05) is 6.07 Å². The maximum absolute atomic E-state index is 11.6. The van der Waals surface area contributed by atoms with Crippen molar-refractivity contribution >= 4 is 5.91 Å². The molecule has 2 unspecified atom stereocenters. The van der Waals surface area contributed by atoms with Crippen LogP contribution in [-0.4, -0.2) is 47.4 Å². The summed E-state index contributed by atoms with van der Waals surface area (Å²) in [5.74, 6) is 6.36. The number of hydrazine groups is 1. The SMILES string of the molecule is Cc1oc(CN2CC3CCCN3CC2C)cc1C(=O)NN. The summed E-state index contributed by atoms with van der Waals surface area (Å²) >= 11 is 0. The lowest BCUT2D eigenvalue weighted by Gasteiger charge is -2.41. The summed E-state index contributed by atoms with van der Waals surface area (Å²) in [5.41, 5.74) is 2.69. The fourth-order valence-electron chi connectivity index (χ4n) is 3.59. The van der Waals surface area contributed by atoms with Gasteiger partial charge in [-0.15, -0.1) is 0 Å². The number of furan rings is 1. The number of rotatable bonds is 3. The summed E-state index contributed by atoms with van der Waals surface area (Å²) in [7, 11) is 0. The number of nitrogens with one attached hydrogen (secondary N) is 1. The first-order chi connectivity index (χ1) is 10.1. The van der Waals surface area contributed by atoms with Gasteiger partial charge >= 0.3 is 0 Å². The molecular formula is C15H24N4O2. The molecule has 0 aromatic carbocycles. The van der Waals surface area contributed by atoms with Crippen LogP contribution >= 0.6 is 0 Å². The summed E-state index contributed by atoms with van der Waals surface area (Å²) < 4.78 is 5.73. The summed E-state index contributed by atoms with van der Waals surface area (Å²) in [6.45, 7) is 8.26. The number of hydrogen-bond donors (Lipinski definition) is 2. The van der Waals surface area contributed by atoms with E-state index in [9.17, 15) is 4.79 Å². The van der Waals surface area contributed by atoms with Gasteiger partial charge in [0, 0.05) is 25.2 Å². The predicted octanol–water partition coefficient (Wildman–Crippen LogP) is 0.860. The number of carbonyl (C=O) groups excluding carboxylic acids is 1. The van der Waals surface area contributed by atoms with Gasteiger partial charge in [-0.1, -0.05) is 0 Å². The van der Waals surface area contributed by atoms with E-state index in [0.717, 1.165) is 25.4 Å². The zero-order chi connectivity index (χ0) is 15.0. The molecule has 3 N–H and O–H groups in total. The Hall–Kier alpha value is -1.37. The van der Waals surface area contributed by atoms with Gasteiger partial charge in [0.1, 0.15) is 11.5 Å². The molecule has 0 radical (unpaired) electrons. The molecule has 0 spiro atoms. The van der Waals surface area contributed by atoms with Crippen LogP contribution in [0, 0.1) is 6.92 Å². The molecule has 2 aliphatic rings. The van der Waals surface area contributed by atoms with Crippen LogP contribution in [-0.2, 0) is 6.54 Å². The van der Waals surface area contributed by atoms with Gasteiger partial charge in [-0.05, 0) is 39.3 Å². The van der Waals surface area contributed by atoms with Crippen molar-refractivity contribution in [3.63, 3.8) is 0 Å². The highest BCUT2D eigenvalue weighted by Crippen LogP contribution is 2.26. The Morgan fingerprint density at radius 2 is 2.33 bits per heavy atom. The summed E-state index contributed by atoms with van der Waals surface area (Å²) in [6, 6.07) is 3.01. The molecule has 0 saturated carbocycles. The molecule has 3 heterocycles. The molecule has 2 fully saturated rings. The van der Waals surface area contributed by atoms with E-state index in [-0.39, 0.29) is 5.91 Å². The second-order valence-corrected chi connectivity index (χ2v) is 6.23. The number of amides is 1. The van der Waals surface area contributed by atoms with Crippen molar-refractivity contribution in [2.24, 2.45) is 5.84 Å². The van der Waals surface area contributed by atoms with E-state index in [0.29, 0.717) is 23.4 Å². The third-order valence-corrected chi connectivity index (χ3v) is 4.77. The summed E-state index contributed by atoms with van der Waals surface area (Å²) in [5, 5.41) is 0. The first kappa shape index (κ1) is 14.6. The molecule has 116 valence electrons. The Labute approximate surface area is 125 Å². The van der Waals surface area contributed by atoms with E-state index in [2.05, 4.69) is 22.1 Å². The molecule has 3 rings (SSSR count). The van der Waals surface area contributed by atoms with Crippen LogP contribution in [0.4, 0.5) is 0 Å². The summed E-state index contributed by atoms with van der Waals surface area (Å²) in [6.07, 6.45) is 2.60. The van der Waals surface area contributed by atoms with E-state index in [4.69, 9.17) is 10.3 Å². The van der Waals surface area contributed by atoms with Gasteiger partial charge < -0.3 is 4.42 Å². The first-order valence-corrected chi connectivity index (χ1v) is 7.67. The second kappa shape index (κ2) is 5.79. The zero-order valence-electron chi connectivity index (χ0n) is 12.8. The molecule has 0 aliphatic carbocycles. The number of nitrogen functional groups attached to an aromatic ring is 1. The zero-order valence-corrected chi connectivity index (χ0v) is 12.8. The quantitative estimate of drug-likeness (QED) is 0.491. The molecule has 2 aliphatic heterocycles. The number of carbonyl (C=O) groups is 1. The number of fused-ring (bicyclic) bond motifs is 1. The van der Waals surface area contributed by atoms with E-state index in [1.54, 1.807) is 6.92 Å². The highest BCUT2D eigenvalue weighted by atomic mass is 16.3. The van der Waals surface area contributed by atoms with Gasteiger partial charge in [0.05, 0.1) is 12.1 Å². The van der Waals surface area contributed by atoms with Crippen molar-refractivity contribution in [1.29, 1.82) is 0 Å². The largest absolute Gasteiger partial charge is 0.464 e. The fourth-order valence-corrected chi connectivity index (χ4v) is 3.59. The molecule has 2 atom stereocenters. The highest BCUT2D eigenvalue weighted by molar-refractivity contribution is 5.94. The van der Waals surface area contributed by atoms with Crippen LogP contribution in [0.5, 0.6) is 0 Å². The standard InChI is InChI=1S/C15H24N4O2/c1-10-7-18-5-3-4-12(18)8-19(10)9-13-6-14(11(2)21-13)15(20)17-16/h6,10,12H,3-5,7-9,16H2,1-2H3,(H,17,20). The Bertz CT molecular complexity index is 528. The lowest BCUT2D eigenvalue weighted by molar-refractivity contribution is 0.0492. The molecule has 1 aromatic heterocycles. The smallest absolute Gasteiger partial charge is 0.268 e. The van der Waals surface area contributed by atoms with Crippen molar-refractivity contribution in [3.8, 4) is 0 Å². The minimum atomic E-state index is -0.295.